The SMILES string of the molecule is CCCCCCCCCCCCc1ccc(C(=O)CC(C)C(=O)O)cc1. The van der Waals surface area contributed by atoms with Crippen LogP contribution in [0.5, 0.6) is 0 Å². The average Bonchev–Trinajstić information content (AvgIpc) is 2.63. The molecule has 0 fully saturated rings. The fourth-order valence-electron chi connectivity index (χ4n) is 3.16. The van der Waals surface area contributed by atoms with Gasteiger partial charge in [0.2, 0.25) is 0 Å². The molecule has 1 aromatic carbocycles. The van der Waals surface area contributed by atoms with Gasteiger partial charge < -0.3 is 5.11 Å². The van der Waals surface area contributed by atoms with Gasteiger partial charge >= 0.3 is 5.97 Å². The second-order valence-corrected chi connectivity index (χ2v) is 7.50. The Kier molecular flexibility index (Phi) is 11.7. The Balaban J connectivity index is 2.15. The number of unbranched alkanes of at least 4 members (excludes halogenated alkanes) is 9. The van der Waals surface area contributed by atoms with Crippen LogP contribution in [0.3, 0.4) is 0 Å². The number of benzene rings is 1. The van der Waals surface area contributed by atoms with Crippen LogP contribution >= 0.6 is 0 Å². The van der Waals surface area contributed by atoms with Crippen LogP contribution < -0.4 is 0 Å². The zero-order valence-corrected chi connectivity index (χ0v) is 16.6. The van der Waals surface area contributed by atoms with E-state index in [2.05, 4.69) is 6.92 Å². The third-order valence-corrected chi connectivity index (χ3v) is 5.01. The number of Topliss-reactive ketones (excluding diaryl/α,β-unsaturated/α-hetero) is 1. The number of carboxylic acids is 1. The molecule has 0 aromatic heterocycles. The molecule has 26 heavy (non-hydrogen) atoms. The van der Waals surface area contributed by atoms with Gasteiger partial charge in [-0.2, -0.15) is 0 Å². The van der Waals surface area contributed by atoms with Gasteiger partial charge in [0, 0.05) is 12.0 Å². The largest absolute Gasteiger partial charge is 0.481 e. The van der Waals surface area contributed by atoms with E-state index in [0.717, 1.165) is 6.42 Å². The lowest BCUT2D eigenvalue weighted by atomic mass is 9.98. The van der Waals surface area contributed by atoms with Crippen LogP contribution in [0.15, 0.2) is 24.3 Å². The smallest absolute Gasteiger partial charge is 0.306 e. The van der Waals surface area contributed by atoms with Gasteiger partial charge in [-0.1, -0.05) is 95.9 Å². The van der Waals surface area contributed by atoms with Crippen LogP contribution in [-0.4, -0.2) is 16.9 Å². The van der Waals surface area contributed by atoms with Crippen LogP contribution in [0.25, 0.3) is 0 Å². The van der Waals surface area contributed by atoms with Crippen molar-refractivity contribution in [2.24, 2.45) is 5.92 Å². The molecule has 0 bridgehead atoms. The molecule has 0 saturated heterocycles. The molecule has 0 aliphatic rings. The van der Waals surface area contributed by atoms with E-state index in [9.17, 15) is 9.59 Å². The molecule has 1 N–H and O–H groups in total. The van der Waals surface area contributed by atoms with E-state index in [1.165, 1.54) is 69.8 Å². The highest BCUT2D eigenvalue weighted by atomic mass is 16.4. The first kappa shape index (κ1) is 22.4. The minimum Gasteiger partial charge on any atom is -0.481 e. The van der Waals surface area contributed by atoms with Gasteiger partial charge in [0.25, 0.3) is 0 Å². The summed E-state index contributed by atoms with van der Waals surface area (Å²) >= 11 is 0. The highest BCUT2D eigenvalue weighted by molar-refractivity contribution is 5.97. The average molecular weight is 361 g/mol. The number of ketones is 1. The van der Waals surface area contributed by atoms with Gasteiger partial charge in [0.05, 0.1) is 5.92 Å². The molecule has 3 nitrogen and oxygen atoms in total. The highest BCUT2D eigenvalue weighted by Crippen LogP contribution is 2.15. The van der Waals surface area contributed by atoms with E-state index in [0.29, 0.717) is 5.56 Å². The highest BCUT2D eigenvalue weighted by Gasteiger charge is 2.16. The second kappa shape index (κ2) is 13.5. The second-order valence-electron chi connectivity index (χ2n) is 7.50. The van der Waals surface area contributed by atoms with E-state index in [-0.39, 0.29) is 12.2 Å². The Labute approximate surface area is 159 Å². The van der Waals surface area contributed by atoms with Crippen LogP contribution in [-0.2, 0) is 11.2 Å². The zero-order valence-electron chi connectivity index (χ0n) is 16.6. The topological polar surface area (TPSA) is 54.4 Å². The van der Waals surface area contributed by atoms with Crippen molar-refractivity contribution in [1.29, 1.82) is 0 Å². The van der Waals surface area contributed by atoms with E-state index in [4.69, 9.17) is 5.11 Å². The zero-order chi connectivity index (χ0) is 19.2. The Hall–Kier alpha value is -1.64. The molecule has 146 valence electrons. The van der Waals surface area contributed by atoms with Gasteiger partial charge in [-0.05, 0) is 18.4 Å². The lowest BCUT2D eigenvalue weighted by Crippen LogP contribution is -2.14. The number of carbonyl (C=O) groups excluding carboxylic acids is 1. The number of rotatable bonds is 15. The fraction of sp³-hybridized carbons (Fsp3) is 0.652. The molecule has 0 amide bonds. The summed E-state index contributed by atoms with van der Waals surface area (Å²) in [5.41, 5.74) is 1.87. The maximum atomic E-state index is 12.1. The quantitative estimate of drug-likeness (QED) is 0.289. The third kappa shape index (κ3) is 9.74. The van der Waals surface area contributed by atoms with E-state index in [1.807, 2.05) is 24.3 Å². The lowest BCUT2D eigenvalue weighted by Gasteiger charge is -2.07. The minimum atomic E-state index is -0.920. The normalized spacial score (nSPS) is 12.1. The van der Waals surface area contributed by atoms with Gasteiger partial charge in [0.1, 0.15) is 0 Å². The molecule has 1 atom stereocenters. The fourth-order valence-corrected chi connectivity index (χ4v) is 3.16. The summed E-state index contributed by atoms with van der Waals surface area (Å²) in [4.78, 5) is 22.9. The van der Waals surface area contributed by atoms with E-state index >= 15 is 0 Å². The summed E-state index contributed by atoms with van der Waals surface area (Å²) in [7, 11) is 0. The van der Waals surface area contributed by atoms with Gasteiger partial charge in [0.15, 0.2) is 5.78 Å². The predicted octanol–water partition coefficient (Wildman–Crippen LogP) is 6.44. The Bertz CT molecular complexity index is 519. The Morgan fingerprint density at radius 1 is 0.846 bits per heavy atom. The summed E-state index contributed by atoms with van der Waals surface area (Å²) in [5, 5.41) is 8.89. The minimum absolute atomic E-state index is 0.0626. The van der Waals surface area contributed by atoms with Crippen molar-refractivity contribution in [3.05, 3.63) is 35.4 Å². The molecule has 1 rings (SSSR count). The molecule has 1 aromatic rings. The predicted molar refractivity (Wildman–Crippen MR) is 108 cm³/mol. The molecular weight excluding hydrogens is 324 g/mol. The van der Waals surface area contributed by atoms with Crippen molar-refractivity contribution in [2.45, 2.75) is 90.9 Å². The first-order valence-electron chi connectivity index (χ1n) is 10.4. The molecule has 0 aliphatic heterocycles. The van der Waals surface area contributed by atoms with Gasteiger partial charge in [-0.25, -0.2) is 0 Å². The molecule has 0 radical (unpaired) electrons. The summed E-state index contributed by atoms with van der Waals surface area (Å²) in [6.07, 6.45) is 14.5. The van der Waals surface area contributed by atoms with Crippen molar-refractivity contribution in [1.82, 2.24) is 0 Å². The van der Waals surface area contributed by atoms with Crippen molar-refractivity contribution in [3.8, 4) is 0 Å². The molecule has 0 saturated carbocycles. The van der Waals surface area contributed by atoms with Crippen molar-refractivity contribution in [2.75, 3.05) is 0 Å². The van der Waals surface area contributed by atoms with Crippen LogP contribution in [0.4, 0.5) is 0 Å². The molecule has 3 heteroatoms. The summed E-state index contributed by atoms with van der Waals surface area (Å²) in [6.45, 7) is 3.82. The molecule has 1 unspecified atom stereocenters. The Morgan fingerprint density at radius 2 is 1.35 bits per heavy atom. The number of aryl methyl sites for hydroxylation is 1. The number of hydrogen-bond donors (Lipinski definition) is 1. The third-order valence-electron chi connectivity index (χ3n) is 5.01. The Morgan fingerprint density at radius 3 is 1.85 bits per heavy atom. The number of hydrogen-bond acceptors (Lipinski definition) is 2. The maximum Gasteiger partial charge on any atom is 0.306 e. The van der Waals surface area contributed by atoms with Crippen molar-refractivity contribution < 1.29 is 14.7 Å². The van der Waals surface area contributed by atoms with Gasteiger partial charge in [-0.15, -0.1) is 0 Å². The number of carboxylic acid groups (broad SMARTS) is 1. The van der Waals surface area contributed by atoms with E-state index < -0.39 is 11.9 Å². The lowest BCUT2D eigenvalue weighted by molar-refractivity contribution is -0.141. The maximum absolute atomic E-state index is 12.1. The van der Waals surface area contributed by atoms with Crippen molar-refractivity contribution in [3.63, 3.8) is 0 Å². The summed E-state index contributed by atoms with van der Waals surface area (Å²) < 4.78 is 0. The molecule has 0 spiro atoms. The van der Waals surface area contributed by atoms with Crippen LogP contribution in [0.1, 0.15) is 100 Å². The summed E-state index contributed by atoms with van der Waals surface area (Å²) in [6, 6.07) is 7.68. The number of aliphatic carboxylic acids is 1. The first-order chi connectivity index (χ1) is 12.5. The molecule has 0 heterocycles. The standard InChI is InChI=1S/C23H36O3/c1-3-4-5-6-7-8-9-10-11-12-13-20-14-16-21(17-15-20)22(24)18-19(2)23(25)26/h14-17,19H,3-13,18H2,1-2H3,(H,25,26). The monoisotopic (exact) mass is 360 g/mol. The molecule has 0 aliphatic carbocycles. The first-order valence-corrected chi connectivity index (χ1v) is 10.4. The molecular formula is C23H36O3. The van der Waals surface area contributed by atoms with Crippen molar-refractivity contribution >= 4 is 11.8 Å². The van der Waals surface area contributed by atoms with E-state index in [1.54, 1.807) is 6.92 Å². The van der Waals surface area contributed by atoms with Crippen LogP contribution in [0, 0.1) is 5.92 Å². The van der Waals surface area contributed by atoms with Crippen LogP contribution in [0.2, 0.25) is 0 Å². The van der Waals surface area contributed by atoms with Gasteiger partial charge in [-0.3, -0.25) is 9.59 Å². The number of carbonyl (C=O) groups is 2. The summed E-state index contributed by atoms with van der Waals surface area (Å²) in [5.74, 6) is -1.64.